The Labute approximate surface area is 169 Å². The number of piperazine rings is 1. The summed E-state index contributed by atoms with van der Waals surface area (Å²) in [6, 6.07) is 18.9. The first kappa shape index (κ1) is 19.3. The molecule has 0 saturated carbocycles. The molecule has 0 unspecified atom stereocenters. The van der Waals surface area contributed by atoms with Crippen LogP contribution < -0.4 is 0 Å². The maximum atomic E-state index is 10.9. The minimum absolute atomic E-state index is 0.0559. The number of aromatic nitrogens is 1. The first-order valence-corrected chi connectivity index (χ1v) is 9.86. The summed E-state index contributed by atoms with van der Waals surface area (Å²) < 4.78 is 5.45. The molecule has 1 aliphatic heterocycles. The second-order valence-electron chi connectivity index (χ2n) is 7.34. The van der Waals surface area contributed by atoms with Gasteiger partial charge in [-0.3, -0.25) is 15.0 Å². The molecule has 7 nitrogen and oxygen atoms in total. The van der Waals surface area contributed by atoms with Crippen LogP contribution in [0.25, 0.3) is 11.3 Å². The van der Waals surface area contributed by atoms with E-state index in [0.717, 1.165) is 51.4 Å². The lowest BCUT2D eigenvalue weighted by molar-refractivity contribution is -0.384. The lowest BCUT2D eigenvalue weighted by Gasteiger charge is -2.34. The Hall–Kier alpha value is -3.03. The van der Waals surface area contributed by atoms with Gasteiger partial charge in [0.1, 0.15) is 11.5 Å². The van der Waals surface area contributed by atoms with Gasteiger partial charge in [-0.15, -0.1) is 0 Å². The number of nitrogens with zero attached hydrogens (tertiary/aromatic N) is 4. The average Bonchev–Trinajstić information content (AvgIpc) is 3.23. The first-order chi connectivity index (χ1) is 14.2. The third-order valence-electron chi connectivity index (χ3n) is 5.30. The van der Waals surface area contributed by atoms with E-state index in [2.05, 4.69) is 45.3 Å². The zero-order valence-corrected chi connectivity index (χ0v) is 16.2. The van der Waals surface area contributed by atoms with E-state index in [9.17, 15) is 10.1 Å². The zero-order chi connectivity index (χ0) is 20.1. The van der Waals surface area contributed by atoms with Crippen molar-refractivity contribution in [1.82, 2.24) is 15.0 Å². The second kappa shape index (κ2) is 8.98. The van der Waals surface area contributed by atoms with Crippen LogP contribution in [-0.2, 0) is 13.0 Å². The van der Waals surface area contributed by atoms with E-state index in [1.54, 1.807) is 12.1 Å². The number of nitro groups is 1. The van der Waals surface area contributed by atoms with Crippen LogP contribution in [0.2, 0.25) is 0 Å². The maximum absolute atomic E-state index is 10.9. The topological polar surface area (TPSA) is 75.7 Å². The molecule has 4 rings (SSSR count). The summed E-state index contributed by atoms with van der Waals surface area (Å²) in [7, 11) is 0. The number of rotatable bonds is 7. The lowest BCUT2D eigenvalue weighted by Crippen LogP contribution is -2.46. The SMILES string of the molecule is O=[N+]([O-])c1cccc(-c2cc(CCN3CCN(Cc4ccccc4)CC3)on2)c1. The Kier molecular flexibility index (Phi) is 5.97. The van der Waals surface area contributed by atoms with E-state index in [4.69, 9.17) is 4.52 Å². The van der Waals surface area contributed by atoms with Gasteiger partial charge in [0.05, 0.1) is 4.92 Å². The van der Waals surface area contributed by atoms with Gasteiger partial charge in [-0.05, 0) is 5.56 Å². The zero-order valence-electron chi connectivity index (χ0n) is 16.2. The van der Waals surface area contributed by atoms with Crippen molar-refractivity contribution in [3.63, 3.8) is 0 Å². The Morgan fingerprint density at radius 2 is 1.72 bits per heavy atom. The van der Waals surface area contributed by atoms with Gasteiger partial charge < -0.3 is 9.42 Å². The van der Waals surface area contributed by atoms with Crippen LogP contribution in [0.4, 0.5) is 5.69 Å². The molecule has 0 N–H and O–H groups in total. The number of benzene rings is 2. The normalized spacial score (nSPS) is 15.4. The van der Waals surface area contributed by atoms with Gasteiger partial charge in [0, 0.05) is 69.5 Å². The van der Waals surface area contributed by atoms with Crippen molar-refractivity contribution in [3.8, 4) is 11.3 Å². The number of nitro benzene ring substituents is 1. The summed E-state index contributed by atoms with van der Waals surface area (Å²) in [6.45, 7) is 6.12. The van der Waals surface area contributed by atoms with Gasteiger partial charge in [-0.2, -0.15) is 0 Å². The van der Waals surface area contributed by atoms with Crippen LogP contribution in [-0.4, -0.2) is 52.6 Å². The van der Waals surface area contributed by atoms with Crippen molar-refractivity contribution >= 4 is 5.69 Å². The molecule has 0 spiro atoms. The number of hydrogen-bond donors (Lipinski definition) is 0. The van der Waals surface area contributed by atoms with Gasteiger partial charge in [0.2, 0.25) is 0 Å². The van der Waals surface area contributed by atoms with Crippen molar-refractivity contribution in [2.45, 2.75) is 13.0 Å². The Morgan fingerprint density at radius 1 is 0.966 bits per heavy atom. The third kappa shape index (κ3) is 5.07. The van der Waals surface area contributed by atoms with Gasteiger partial charge in [0.15, 0.2) is 0 Å². The molecule has 0 radical (unpaired) electrons. The molecule has 1 aliphatic rings. The van der Waals surface area contributed by atoms with Gasteiger partial charge in [0.25, 0.3) is 5.69 Å². The molecule has 1 saturated heterocycles. The van der Waals surface area contributed by atoms with Crippen molar-refractivity contribution in [2.75, 3.05) is 32.7 Å². The first-order valence-electron chi connectivity index (χ1n) is 9.86. The Balaban J connectivity index is 1.26. The van der Waals surface area contributed by atoms with E-state index in [-0.39, 0.29) is 5.69 Å². The Morgan fingerprint density at radius 3 is 2.48 bits per heavy atom. The summed E-state index contributed by atoms with van der Waals surface area (Å²) >= 11 is 0. The minimum atomic E-state index is -0.401. The average molecular weight is 392 g/mol. The van der Waals surface area contributed by atoms with E-state index >= 15 is 0 Å². The van der Waals surface area contributed by atoms with Gasteiger partial charge in [-0.1, -0.05) is 47.6 Å². The van der Waals surface area contributed by atoms with Crippen LogP contribution in [0, 0.1) is 10.1 Å². The molecule has 2 heterocycles. The van der Waals surface area contributed by atoms with Crippen molar-refractivity contribution in [2.24, 2.45) is 0 Å². The number of hydrogen-bond acceptors (Lipinski definition) is 6. The summed E-state index contributed by atoms with van der Waals surface area (Å²) in [5.74, 6) is 0.804. The molecule has 0 bridgehead atoms. The fraction of sp³-hybridized carbons (Fsp3) is 0.318. The highest BCUT2D eigenvalue weighted by Crippen LogP contribution is 2.23. The molecule has 1 aromatic heterocycles. The quantitative estimate of drug-likeness (QED) is 0.452. The van der Waals surface area contributed by atoms with E-state index < -0.39 is 4.92 Å². The fourth-order valence-corrected chi connectivity index (χ4v) is 3.63. The summed E-state index contributed by atoms with van der Waals surface area (Å²) in [5.41, 5.74) is 2.75. The third-order valence-corrected chi connectivity index (χ3v) is 5.30. The highest BCUT2D eigenvalue weighted by atomic mass is 16.6. The van der Waals surface area contributed by atoms with E-state index in [1.165, 1.54) is 17.7 Å². The molecule has 0 aliphatic carbocycles. The molecular weight excluding hydrogens is 368 g/mol. The van der Waals surface area contributed by atoms with Crippen LogP contribution in [0.5, 0.6) is 0 Å². The largest absolute Gasteiger partial charge is 0.361 e. The predicted molar refractivity (Wildman–Crippen MR) is 110 cm³/mol. The smallest absolute Gasteiger partial charge is 0.270 e. The predicted octanol–water partition coefficient (Wildman–Crippen LogP) is 3.61. The molecule has 2 aromatic carbocycles. The standard InChI is InChI=1S/C22H24N4O3/c27-26(28)20-8-4-7-19(15-20)22-16-21(29-23-22)9-10-24-11-13-25(14-12-24)17-18-5-2-1-3-6-18/h1-8,15-16H,9-14,17H2. The molecule has 29 heavy (non-hydrogen) atoms. The monoisotopic (exact) mass is 392 g/mol. The lowest BCUT2D eigenvalue weighted by atomic mass is 10.1. The molecular formula is C22H24N4O3. The van der Waals surface area contributed by atoms with Crippen LogP contribution >= 0.6 is 0 Å². The van der Waals surface area contributed by atoms with Crippen LogP contribution in [0.15, 0.2) is 65.2 Å². The highest BCUT2D eigenvalue weighted by Gasteiger charge is 2.18. The minimum Gasteiger partial charge on any atom is -0.361 e. The molecule has 3 aromatic rings. The Bertz CT molecular complexity index is 949. The molecule has 150 valence electrons. The molecule has 7 heteroatoms. The fourth-order valence-electron chi connectivity index (χ4n) is 3.63. The van der Waals surface area contributed by atoms with Gasteiger partial charge >= 0.3 is 0 Å². The maximum Gasteiger partial charge on any atom is 0.270 e. The van der Waals surface area contributed by atoms with E-state index in [0.29, 0.717) is 11.3 Å². The second-order valence-corrected chi connectivity index (χ2v) is 7.34. The van der Waals surface area contributed by atoms with Gasteiger partial charge in [-0.25, -0.2) is 0 Å². The van der Waals surface area contributed by atoms with Crippen molar-refractivity contribution < 1.29 is 9.45 Å². The summed E-state index contributed by atoms with van der Waals surface area (Å²) in [5, 5.41) is 15.0. The van der Waals surface area contributed by atoms with Crippen molar-refractivity contribution in [3.05, 3.63) is 82.1 Å². The summed E-state index contributed by atoms with van der Waals surface area (Å²) in [6.07, 6.45) is 0.778. The van der Waals surface area contributed by atoms with E-state index in [1.807, 2.05) is 6.07 Å². The van der Waals surface area contributed by atoms with Crippen LogP contribution in [0.3, 0.4) is 0 Å². The van der Waals surface area contributed by atoms with Crippen molar-refractivity contribution in [1.29, 1.82) is 0 Å². The molecule has 0 atom stereocenters. The molecule has 1 fully saturated rings. The molecule has 0 amide bonds. The summed E-state index contributed by atoms with van der Waals surface area (Å²) in [4.78, 5) is 15.5. The highest BCUT2D eigenvalue weighted by molar-refractivity contribution is 5.62. The number of non-ortho nitro benzene ring substituents is 1. The van der Waals surface area contributed by atoms with Crippen LogP contribution in [0.1, 0.15) is 11.3 Å².